The summed E-state index contributed by atoms with van der Waals surface area (Å²) in [4.78, 5) is 14.5. The minimum atomic E-state index is -0.113. The number of methoxy groups -OCH3 is 1. The molecule has 0 aliphatic heterocycles. The van der Waals surface area contributed by atoms with Crippen LogP contribution in [0.1, 0.15) is 16.1 Å². The number of H-pyrrole nitrogens is 1. The van der Waals surface area contributed by atoms with Crippen molar-refractivity contribution in [3.05, 3.63) is 53.9 Å². The molecule has 0 aliphatic rings. The molecule has 2 N–H and O–H groups in total. The van der Waals surface area contributed by atoms with Crippen molar-refractivity contribution in [2.75, 3.05) is 7.11 Å². The van der Waals surface area contributed by atoms with Gasteiger partial charge in [-0.05, 0) is 29.8 Å². The van der Waals surface area contributed by atoms with Gasteiger partial charge in [-0.3, -0.25) is 4.79 Å². The van der Waals surface area contributed by atoms with Gasteiger partial charge in [0.2, 0.25) is 0 Å². The summed E-state index contributed by atoms with van der Waals surface area (Å²) in [7, 11) is 1.62. The molecule has 17 heavy (non-hydrogen) atoms. The maximum absolute atomic E-state index is 11.7. The predicted octanol–water partition coefficient (Wildman–Crippen LogP) is 1.95. The number of ether oxygens (including phenoxy) is 1. The van der Waals surface area contributed by atoms with Crippen molar-refractivity contribution < 1.29 is 9.53 Å². The summed E-state index contributed by atoms with van der Waals surface area (Å²) in [5.74, 6) is 0.675. The highest BCUT2D eigenvalue weighted by atomic mass is 16.5. The standard InChI is InChI=1S/C13H14N2O2/c1-17-11-5-2-4-10(8-11)9-15-13(16)12-6-3-7-14-12/h2-8,14H,9H2,1H3,(H,15,16). The SMILES string of the molecule is COc1cccc(CNC(=O)c2ccc[nH]2)c1. The lowest BCUT2D eigenvalue weighted by molar-refractivity contribution is 0.0946. The first-order chi connectivity index (χ1) is 8.29. The fraction of sp³-hybridized carbons (Fsp3) is 0.154. The van der Waals surface area contributed by atoms with E-state index < -0.39 is 0 Å². The second kappa shape index (κ2) is 5.21. The molecule has 1 amide bonds. The minimum absolute atomic E-state index is 0.113. The topological polar surface area (TPSA) is 54.1 Å². The maximum atomic E-state index is 11.7. The summed E-state index contributed by atoms with van der Waals surface area (Å²) in [5.41, 5.74) is 1.57. The number of aromatic nitrogens is 1. The number of hydrogen-bond acceptors (Lipinski definition) is 2. The van der Waals surface area contributed by atoms with Gasteiger partial charge in [-0.15, -0.1) is 0 Å². The number of benzene rings is 1. The molecule has 0 saturated carbocycles. The fourth-order valence-corrected chi connectivity index (χ4v) is 1.53. The number of rotatable bonds is 4. The molecule has 0 atom stereocenters. The normalized spacial score (nSPS) is 9.94. The number of carbonyl (C=O) groups excluding carboxylic acids is 1. The van der Waals surface area contributed by atoms with Crippen LogP contribution in [0.4, 0.5) is 0 Å². The molecule has 4 heteroatoms. The Morgan fingerprint density at radius 3 is 2.94 bits per heavy atom. The van der Waals surface area contributed by atoms with Crippen LogP contribution in [0.5, 0.6) is 5.75 Å². The molecule has 2 aromatic rings. The van der Waals surface area contributed by atoms with E-state index in [1.54, 1.807) is 25.4 Å². The fourth-order valence-electron chi connectivity index (χ4n) is 1.53. The van der Waals surface area contributed by atoms with E-state index in [4.69, 9.17) is 4.74 Å². The quantitative estimate of drug-likeness (QED) is 0.843. The molecule has 0 aliphatic carbocycles. The Morgan fingerprint density at radius 1 is 1.35 bits per heavy atom. The average molecular weight is 230 g/mol. The summed E-state index contributed by atoms with van der Waals surface area (Å²) in [6.45, 7) is 0.481. The van der Waals surface area contributed by atoms with Crippen molar-refractivity contribution >= 4 is 5.91 Å². The van der Waals surface area contributed by atoms with Gasteiger partial charge in [0.15, 0.2) is 0 Å². The number of carbonyl (C=O) groups is 1. The Kier molecular flexibility index (Phi) is 3.45. The van der Waals surface area contributed by atoms with Crippen molar-refractivity contribution in [2.45, 2.75) is 6.54 Å². The highest BCUT2D eigenvalue weighted by Gasteiger charge is 2.05. The van der Waals surface area contributed by atoms with E-state index in [9.17, 15) is 4.79 Å². The summed E-state index contributed by atoms with van der Waals surface area (Å²) < 4.78 is 5.12. The Labute approximate surface area is 99.6 Å². The van der Waals surface area contributed by atoms with Gasteiger partial charge >= 0.3 is 0 Å². The van der Waals surface area contributed by atoms with E-state index in [-0.39, 0.29) is 5.91 Å². The summed E-state index contributed by atoms with van der Waals surface area (Å²) >= 11 is 0. The molecule has 0 fully saturated rings. The summed E-state index contributed by atoms with van der Waals surface area (Å²) in [5, 5.41) is 2.83. The molecule has 4 nitrogen and oxygen atoms in total. The van der Waals surface area contributed by atoms with Crippen LogP contribution in [-0.2, 0) is 6.54 Å². The van der Waals surface area contributed by atoms with E-state index in [2.05, 4.69) is 10.3 Å². The van der Waals surface area contributed by atoms with Crippen LogP contribution in [0.15, 0.2) is 42.6 Å². The molecule has 0 unspecified atom stereocenters. The zero-order chi connectivity index (χ0) is 12.1. The highest BCUT2D eigenvalue weighted by molar-refractivity contribution is 5.92. The van der Waals surface area contributed by atoms with Gasteiger partial charge in [0.25, 0.3) is 5.91 Å². The third-order valence-electron chi connectivity index (χ3n) is 2.43. The van der Waals surface area contributed by atoms with Crippen LogP contribution in [0.2, 0.25) is 0 Å². The Morgan fingerprint density at radius 2 is 2.24 bits per heavy atom. The highest BCUT2D eigenvalue weighted by Crippen LogP contribution is 2.12. The van der Waals surface area contributed by atoms with Crippen LogP contribution in [0.3, 0.4) is 0 Å². The molecule has 2 rings (SSSR count). The zero-order valence-electron chi connectivity index (χ0n) is 9.57. The second-order valence-electron chi connectivity index (χ2n) is 3.62. The number of amides is 1. The van der Waals surface area contributed by atoms with Crippen LogP contribution in [-0.4, -0.2) is 18.0 Å². The van der Waals surface area contributed by atoms with Crippen molar-refractivity contribution in [2.24, 2.45) is 0 Å². The third-order valence-corrected chi connectivity index (χ3v) is 2.43. The Balaban J connectivity index is 1.95. The first-order valence-electron chi connectivity index (χ1n) is 5.34. The van der Waals surface area contributed by atoms with Crippen molar-refractivity contribution in [3.8, 4) is 5.75 Å². The summed E-state index contributed by atoms with van der Waals surface area (Å²) in [6.07, 6.45) is 1.72. The first-order valence-corrected chi connectivity index (χ1v) is 5.34. The smallest absolute Gasteiger partial charge is 0.267 e. The van der Waals surface area contributed by atoms with E-state index >= 15 is 0 Å². The zero-order valence-corrected chi connectivity index (χ0v) is 9.57. The molecule has 1 aromatic heterocycles. The average Bonchev–Trinajstić information content (AvgIpc) is 2.90. The van der Waals surface area contributed by atoms with Gasteiger partial charge in [-0.25, -0.2) is 0 Å². The van der Waals surface area contributed by atoms with Gasteiger partial charge in [-0.2, -0.15) is 0 Å². The monoisotopic (exact) mass is 230 g/mol. The predicted molar refractivity (Wildman–Crippen MR) is 65.0 cm³/mol. The molecule has 0 spiro atoms. The van der Waals surface area contributed by atoms with Gasteiger partial charge in [-0.1, -0.05) is 12.1 Å². The molecular formula is C13H14N2O2. The van der Waals surface area contributed by atoms with E-state index in [1.807, 2.05) is 24.3 Å². The maximum Gasteiger partial charge on any atom is 0.267 e. The van der Waals surface area contributed by atoms with Gasteiger partial charge in [0.05, 0.1) is 7.11 Å². The molecule has 1 aromatic carbocycles. The third kappa shape index (κ3) is 2.87. The summed E-state index contributed by atoms with van der Waals surface area (Å²) in [6, 6.07) is 11.1. The molecule has 1 heterocycles. The van der Waals surface area contributed by atoms with Crippen LogP contribution < -0.4 is 10.1 Å². The van der Waals surface area contributed by atoms with E-state index in [0.29, 0.717) is 12.2 Å². The molecule has 0 saturated heterocycles. The Bertz CT molecular complexity index is 492. The van der Waals surface area contributed by atoms with Crippen molar-refractivity contribution in [3.63, 3.8) is 0 Å². The largest absolute Gasteiger partial charge is 0.497 e. The number of aromatic amines is 1. The second-order valence-corrected chi connectivity index (χ2v) is 3.62. The first kappa shape index (κ1) is 11.3. The van der Waals surface area contributed by atoms with Crippen LogP contribution in [0.25, 0.3) is 0 Å². The van der Waals surface area contributed by atoms with Gasteiger partial charge < -0.3 is 15.0 Å². The molecule has 0 bridgehead atoms. The van der Waals surface area contributed by atoms with Crippen molar-refractivity contribution in [1.29, 1.82) is 0 Å². The lowest BCUT2D eigenvalue weighted by Gasteiger charge is -2.06. The molecule has 88 valence electrons. The van der Waals surface area contributed by atoms with Crippen LogP contribution in [0, 0.1) is 0 Å². The lowest BCUT2D eigenvalue weighted by Crippen LogP contribution is -2.22. The van der Waals surface area contributed by atoms with E-state index in [0.717, 1.165) is 11.3 Å². The Hall–Kier alpha value is -2.23. The number of hydrogen-bond donors (Lipinski definition) is 2. The van der Waals surface area contributed by atoms with Gasteiger partial charge in [0.1, 0.15) is 11.4 Å². The van der Waals surface area contributed by atoms with Crippen LogP contribution >= 0.6 is 0 Å². The minimum Gasteiger partial charge on any atom is -0.497 e. The van der Waals surface area contributed by atoms with Gasteiger partial charge in [0, 0.05) is 12.7 Å². The lowest BCUT2D eigenvalue weighted by atomic mass is 10.2. The van der Waals surface area contributed by atoms with E-state index in [1.165, 1.54) is 0 Å². The molecule has 0 radical (unpaired) electrons. The van der Waals surface area contributed by atoms with Crippen molar-refractivity contribution in [1.82, 2.24) is 10.3 Å². The molecular weight excluding hydrogens is 216 g/mol. The number of nitrogens with one attached hydrogen (secondary N) is 2.